The van der Waals surface area contributed by atoms with Crippen LogP contribution in [0, 0.1) is 11.8 Å². The zero-order valence-electron chi connectivity index (χ0n) is 15.0. The van der Waals surface area contributed by atoms with Gasteiger partial charge in [0.15, 0.2) is 0 Å². The largest absolute Gasteiger partial charge is 0.467 e. The molecule has 0 heterocycles. The van der Waals surface area contributed by atoms with Crippen molar-refractivity contribution < 1.29 is 19.1 Å². The van der Waals surface area contributed by atoms with E-state index in [2.05, 4.69) is 11.9 Å². The van der Waals surface area contributed by atoms with Crippen molar-refractivity contribution in [3.05, 3.63) is 12.7 Å². The first-order valence-corrected chi connectivity index (χ1v) is 9.18. The van der Waals surface area contributed by atoms with Crippen LogP contribution in [0.3, 0.4) is 0 Å². The average Bonchev–Trinajstić information content (AvgIpc) is 3.20. The number of hydrogen-bond donors (Lipinski definition) is 1. The maximum absolute atomic E-state index is 12.4. The molecule has 2 aliphatic rings. The molecule has 5 nitrogen and oxygen atoms in total. The van der Waals surface area contributed by atoms with Crippen molar-refractivity contribution in [1.82, 2.24) is 5.32 Å². The van der Waals surface area contributed by atoms with Crippen molar-refractivity contribution in [2.75, 3.05) is 7.11 Å². The minimum atomic E-state index is -0.596. The predicted octanol–water partition coefficient (Wildman–Crippen LogP) is 3.97. The minimum absolute atomic E-state index is 0.151. The van der Waals surface area contributed by atoms with Gasteiger partial charge in [-0.3, -0.25) is 0 Å². The number of nitrogens with one attached hydrogen (secondary N) is 1. The van der Waals surface area contributed by atoms with Crippen LogP contribution in [-0.4, -0.2) is 30.8 Å². The first kappa shape index (κ1) is 18.8. The number of hydrogen-bond acceptors (Lipinski definition) is 4. The number of rotatable bonds is 7. The summed E-state index contributed by atoms with van der Waals surface area (Å²) in [5.74, 6) is 0.126. The molecule has 2 rings (SSSR count). The van der Waals surface area contributed by atoms with E-state index in [0.717, 1.165) is 57.8 Å². The molecule has 5 heteroatoms. The summed E-state index contributed by atoms with van der Waals surface area (Å²) in [6, 6.07) is -0.596. The molecule has 0 radical (unpaired) electrons. The summed E-state index contributed by atoms with van der Waals surface area (Å²) < 4.78 is 10.7. The quantitative estimate of drug-likeness (QED) is 0.564. The summed E-state index contributed by atoms with van der Waals surface area (Å²) >= 11 is 0. The highest BCUT2D eigenvalue weighted by Crippen LogP contribution is 2.41. The fourth-order valence-corrected chi connectivity index (χ4v) is 4.27. The van der Waals surface area contributed by atoms with E-state index < -0.39 is 17.7 Å². The number of ether oxygens (including phenoxy) is 2. The third-order valence-corrected chi connectivity index (χ3v) is 5.73. The van der Waals surface area contributed by atoms with Gasteiger partial charge in [-0.1, -0.05) is 18.9 Å². The van der Waals surface area contributed by atoms with Gasteiger partial charge in [0.25, 0.3) is 0 Å². The van der Waals surface area contributed by atoms with Crippen molar-refractivity contribution in [1.29, 1.82) is 0 Å². The number of carbonyl (C=O) groups is 2. The van der Waals surface area contributed by atoms with Crippen LogP contribution in [0.15, 0.2) is 12.7 Å². The van der Waals surface area contributed by atoms with E-state index in [1.54, 1.807) is 0 Å². The van der Waals surface area contributed by atoms with Crippen LogP contribution in [0.2, 0.25) is 0 Å². The Morgan fingerprint density at radius 3 is 2.62 bits per heavy atom. The summed E-state index contributed by atoms with van der Waals surface area (Å²) in [7, 11) is 1.36. The molecule has 0 aliphatic heterocycles. The van der Waals surface area contributed by atoms with Gasteiger partial charge in [-0.25, -0.2) is 9.59 Å². The summed E-state index contributed by atoms with van der Waals surface area (Å²) in [5.41, 5.74) is -0.455. The molecule has 0 bridgehead atoms. The SMILES string of the molecule is C=CCC[C@H]1CCC[C@]1(C)OC(=O)N[C@H](C(=O)OC)C1CCCC1. The molecular weight excluding hydrogens is 306 g/mol. The molecule has 3 atom stereocenters. The fourth-order valence-electron chi connectivity index (χ4n) is 4.27. The van der Waals surface area contributed by atoms with E-state index in [4.69, 9.17) is 9.47 Å². The number of allylic oxidation sites excluding steroid dienone is 1. The predicted molar refractivity (Wildman–Crippen MR) is 92.6 cm³/mol. The van der Waals surface area contributed by atoms with Crippen LogP contribution in [0.5, 0.6) is 0 Å². The van der Waals surface area contributed by atoms with Gasteiger partial charge in [0.1, 0.15) is 11.6 Å². The van der Waals surface area contributed by atoms with E-state index in [-0.39, 0.29) is 11.9 Å². The number of amides is 1. The normalized spacial score (nSPS) is 28.3. The van der Waals surface area contributed by atoms with Gasteiger partial charge < -0.3 is 14.8 Å². The molecule has 2 saturated carbocycles. The number of esters is 1. The lowest BCUT2D eigenvalue weighted by Gasteiger charge is -2.32. The Bertz CT molecular complexity index is 458. The molecule has 1 amide bonds. The molecule has 0 aromatic rings. The number of carbonyl (C=O) groups excluding carboxylic acids is 2. The van der Waals surface area contributed by atoms with E-state index >= 15 is 0 Å². The van der Waals surface area contributed by atoms with E-state index in [1.165, 1.54) is 7.11 Å². The summed E-state index contributed by atoms with van der Waals surface area (Å²) in [6.07, 6.45) is 10.4. The maximum atomic E-state index is 12.4. The number of alkyl carbamates (subject to hydrolysis) is 1. The van der Waals surface area contributed by atoms with E-state index in [0.29, 0.717) is 5.92 Å². The van der Waals surface area contributed by atoms with Crippen LogP contribution in [-0.2, 0) is 14.3 Å². The molecule has 2 fully saturated rings. The molecule has 0 unspecified atom stereocenters. The van der Waals surface area contributed by atoms with Gasteiger partial charge in [-0.15, -0.1) is 6.58 Å². The van der Waals surface area contributed by atoms with Crippen LogP contribution in [0.1, 0.15) is 64.7 Å². The molecule has 0 saturated heterocycles. The summed E-state index contributed by atoms with van der Waals surface area (Å²) in [4.78, 5) is 24.5. The summed E-state index contributed by atoms with van der Waals surface area (Å²) in [5, 5.41) is 2.78. The zero-order chi connectivity index (χ0) is 17.6. The van der Waals surface area contributed by atoms with Crippen molar-refractivity contribution in [2.24, 2.45) is 11.8 Å². The van der Waals surface area contributed by atoms with Crippen LogP contribution in [0.25, 0.3) is 0 Å². The van der Waals surface area contributed by atoms with Crippen LogP contribution < -0.4 is 5.32 Å². The van der Waals surface area contributed by atoms with Crippen molar-refractivity contribution in [3.8, 4) is 0 Å². The minimum Gasteiger partial charge on any atom is -0.467 e. The molecule has 2 aliphatic carbocycles. The Balaban J connectivity index is 1.96. The van der Waals surface area contributed by atoms with Crippen molar-refractivity contribution in [2.45, 2.75) is 76.4 Å². The Morgan fingerprint density at radius 2 is 2.00 bits per heavy atom. The Morgan fingerprint density at radius 1 is 1.29 bits per heavy atom. The van der Waals surface area contributed by atoms with Gasteiger partial charge in [-0.2, -0.15) is 0 Å². The first-order chi connectivity index (χ1) is 11.5. The Labute approximate surface area is 145 Å². The molecule has 136 valence electrons. The monoisotopic (exact) mass is 337 g/mol. The van der Waals surface area contributed by atoms with Crippen molar-refractivity contribution in [3.63, 3.8) is 0 Å². The second-order valence-electron chi connectivity index (χ2n) is 7.35. The first-order valence-electron chi connectivity index (χ1n) is 9.18. The van der Waals surface area contributed by atoms with Crippen LogP contribution in [0.4, 0.5) is 4.79 Å². The third kappa shape index (κ3) is 4.52. The second kappa shape index (κ2) is 8.54. The number of methoxy groups -OCH3 is 1. The van der Waals surface area contributed by atoms with Crippen LogP contribution >= 0.6 is 0 Å². The van der Waals surface area contributed by atoms with Gasteiger partial charge in [-0.05, 0) is 63.7 Å². The Hall–Kier alpha value is -1.52. The molecule has 0 aromatic carbocycles. The third-order valence-electron chi connectivity index (χ3n) is 5.73. The Kier molecular flexibility index (Phi) is 6.69. The smallest absolute Gasteiger partial charge is 0.408 e. The molecule has 0 aromatic heterocycles. The standard InChI is InChI=1S/C19H31NO4/c1-4-5-11-15-12-8-13-19(15,2)24-18(22)20-16(17(21)23-3)14-9-6-7-10-14/h4,14-16H,1,5-13H2,2-3H3,(H,20,22)/t15-,16-,19-/m0/s1. The van der Waals surface area contributed by atoms with Gasteiger partial charge in [0, 0.05) is 0 Å². The van der Waals surface area contributed by atoms with Gasteiger partial charge in [0.2, 0.25) is 0 Å². The maximum Gasteiger partial charge on any atom is 0.408 e. The van der Waals surface area contributed by atoms with Crippen molar-refractivity contribution >= 4 is 12.1 Å². The van der Waals surface area contributed by atoms with Gasteiger partial charge in [0.05, 0.1) is 7.11 Å². The average molecular weight is 337 g/mol. The molecule has 1 N–H and O–H groups in total. The molecule has 24 heavy (non-hydrogen) atoms. The summed E-state index contributed by atoms with van der Waals surface area (Å²) in [6.45, 7) is 5.78. The highest BCUT2D eigenvalue weighted by Gasteiger charge is 2.42. The van der Waals surface area contributed by atoms with E-state index in [9.17, 15) is 9.59 Å². The topological polar surface area (TPSA) is 64.6 Å². The fraction of sp³-hybridized carbons (Fsp3) is 0.789. The highest BCUT2D eigenvalue weighted by molar-refractivity contribution is 5.81. The lowest BCUT2D eigenvalue weighted by Crippen LogP contribution is -2.49. The lowest BCUT2D eigenvalue weighted by molar-refractivity contribution is -0.144. The van der Waals surface area contributed by atoms with Gasteiger partial charge >= 0.3 is 12.1 Å². The second-order valence-corrected chi connectivity index (χ2v) is 7.35. The molecule has 0 spiro atoms. The highest BCUT2D eigenvalue weighted by atomic mass is 16.6. The van der Waals surface area contributed by atoms with E-state index in [1.807, 2.05) is 13.0 Å². The lowest BCUT2D eigenvalue weighted by atomic mass is 9.88. The molecular formula is C19H31NO4. The zero-order valence-corrected chi connectivity index (χ0v) is 15.0.